The van der Waals surface area contributed by atoms with Gasteiger partial charge in [0.25, 0.3) is 0 Å². The maximum atomic E-state index is 6.48. The maximum Gasteiger partial charge on any atom is 0.0783 e. The van der Waals surface area contributed by atoms with E-state index in [1.807, 2.05) is 0 Å². The second-order valence-electron chi connectivity index (χ2n) is 6.27. The van der Waals surface area contributed by atoms with E-state index in [0.717, 1.165) is 6.61 Å². The molecule has 2 saturated heterocycles. The van der Waals surface area contributed by atoms with Crippen LogP contribution >= 0.6 is 11.8 Å². The van der Waals surface area contributed by atoms with E-state index < -0.39 is 0 Å². The van der Waals surface area contributed by atoms with Gasteiger partial charge in [-0.3, -0.25) is 0 Å². The van der Waals surface area contributed by atoms with Gasteiger partial charge in [0.05, 0.1) is 5.60 Å². The molecule has 1 saturated carbocycles. The first-order valence-electron chi connectivity index (χ1n) is 6.61. The predicted octanol–water partition coefficient (Wildman–Crippen LogP) is 2.42. The normalized spacial score (nSPS) is 43.5. The van der Waals surface area contributed by atoms with Crippen molar-refractivity contribution in [2.24, 2.45) is 17.1 Å². The second-order valence-corrected chi connectivity index (χ2v) is 7.37. The molecule has 0 aromatic rings. The highest BCUT2D eigenvalue weighted by Gasteiger charge is 2.49. The van der Waals surface area contributed by atoms with Crippen molar-refractivity contribution < 1.29 is 4.74 Å². The van der Waals surface area contributed by atoms with Gasteiger partial charge in [-0.2, -0.15) is 11.8 Å². The van der Waals surface area contributed by atoms with E-state index in [1.54, 1.807) is 0 Å². The molecule has 2 nitrogen and oxygen atoms in total. The second kappa shape index (κ2) is 3.89. The standard InChI is InChI=1S/C13H23NOS/c1-12(3-4-12)11(14)10-2-6-15-13(8-10)5-7-16-9-13/h10-11H,2-9,14H2,1H3. The highest BCUT2D eigenvalue weighted by atomic mass is 32.2. The first-order chi connectivity index (χ1) is 7.64. The monoisotopic (exact) mass is 241 g/mol. The van der Waals surface area contributed by atoms with Crippen molar-refractivity contribution in [1.82, 2.24) is 0 Å². The van der Waals surface area contributed by atoms with Crippen LogP contribution in [-0.4, -0.2) is 29.8 Å². The Hall–Kier alpha value is 0.270. The quantitative estimate of drug-likeness (QED) is 0.806. The van der Waals surface area contributed by atoms with Crippen LogP contribution in [0.25, 0.3) is 0 Å². The van der Waals surface area contributed by atoms with E-state index in [9.17, 15) is 0 Å². The zero-order chi connectivity index (χ0) is 11.2. The van der Waals surface area contributed by atoms with E-state index in [-0.39, 0.29) is 5.60 Å². The molecular formula is C13H23NOS. The molecule has 1 aliphatic carbocycles. The van der Waals surface area contributed by atoms with Crippen LogP contribution in [-0.2, 0) is 4.74 Å². The molecule has 0 aromatic heterocycles. The van der Waals surface area contributed by atoms with Crippen molar-refractivity contribution in [2.75, 3.05) is 18.1 Å². The van der Waals surface area contributed by atoms with Crippen LogP contribution in [0.4, 0.5) is 0 Å². The van der Waals surface area contributed by atoms with Gasteiger partial charge in [0.1, 0.15) is 0 Å². The van der Waals surface area contributed by atoms with Gasteiger partial charge < -0.3 is 10.5 Å². The summed E-state index contributed by atoms with van der Waals surface area (Å²) in [4.78, 5) is 0. The van der Waals surface area contributed by atoms with Crippen molar-refractivity contribution >= 4 is 11.8 Å². The van der Waals surface area contributed by atoms with Crippen molar-refractivity contribution in [3.63, 3.8) is 0 Å². The van der Waals surface area contributed by atoms with Crippen LogP contribution in [0.3, 0.4) is 0 Å². The first-order valence-corrected chi connectivity index (χ1v) is 7.76. The van der Waals surface area contributed by atoms with Crippen LogP contribution in [0.15, 0.2) is 0 Å². The lowest BCUT2D eigenvalue weighted by Crippen LogP contribution is -2.48. The van der Waals surface area contributed by atoms with Gasteiger partial charge in [0.2, 0.25) is 0 Å². The number of nitrogens with two attached hydrogens (primary N) is 1. The lowest BCUT2D eigenvalue weighted by Gasteiger charge is -2.41. The highest BCUT2D eigenvalue weighted by molar-refractivity contribution is 7.99. The zero-order valence-corrected chi connectivity index (χ0v) is 11.0. The topological polar surface area (TPSA) is 35.2 Å². The Morgan fingerprint density at radius 3 is 2.81 bits per heavy atom. The SMILES string of the molecule is CC1(C(N)C2CCOC3(CCSC3)C2)CC1. The zero-order valence-electron chi connectivity index (χ0n) is 10.2. The van der Waals surface area contributed by atoms with E-state index >= 15 is 0 Å². The van der Waals surface area contributed by atoms with Crippen LogP contribution in [0, 0.1) is 11.3 Å². The molecule has 3 heteroatoms. The fourth-order valence-electron chi connectivity index (χ4n) is 3.34. The van der Waals surface area contributed by atoms with E-state index in [1.165, 1.54) is 43.6 Å². The molecule has 3 rings (SSSR count). The van der Waals surface area contributed by atoms with Gasteiger partial charge >= 0.3 is 0 Å². The van der Waals surface area contributed by atoms with Crippen molar-refractivity contribution in [1.29, 1.82) is 0 Å². The number of hydrogen-bond donors (Lipinski definition) is 1. The van der Waals surface area contributed by atoms with Gasteiger partial charge in [-0.15, -0.1) is 0 Å². The van der Waals surface area contributed by atoms with Crippen LogP contribution in [0.5, 0.6) is 0 Å². The van der Waals surface area contributed by atoms with Gasteiger partial charge in [0.15, 0.2) is 0 Å². The average molecular weight is 241 g/mol. The Morgan fingerprint density at radius 1 is 1.38 bits per heavy atom. The molecule has 3 unspecified atom stereocenters. The third kappa shape index (κ3) is 1.91. The largest absolute Gasteiger partial charge is 0.374 e. The van der Waals surface area contributed by atoms with Crippen molar-refractivity contribution in [3.05, 3.63) is 0 Å². The molecule has 1 spiro atoms. The summed E-state index contributed by atoms with van der Waals surface area (Å²) in [5.74, 6) is 3.19. The number of thioether (sulfide) groups is 1. The van der Waals surface area contributed by atoms with Gasteiger partial charge in [-0.1, -0.05) is 6.92 Å². The summed E-state index contributed by atoms with van der Waals surface area (Å²) < 4.78 is 6.06. The Labute approximate surface area is 103 Å². The van der Waals surface area contributed by atoms with Gasteiger partial charge in [0, 0.05) is 18.4 Å². The lowest BCUT2D eigenvalue weighted by molar-refractivity contribution is -0.0864. The summed E-state index contributed by atoms with van der Waals surface area (Å²) in [6, 6.07) is 0.416. The maximum absolute atomic E-state index is 6.48. The predicted molar refractivity (Wildman–Crippen MR) is 68.7 cm³/mol. The molecule has 92 valence electrons. The number of hydrogen-bond acceptors (Lipinski definition) is 3. The van der Waals surface area contributed by atoms with Crippen LogP contribution in [0.2, 0.25) is 0 Å². The third-order valence-corrected chi connectivity index (χ3v) is 6.17. The molecule has 2 aliphatic heterocycles. The molecule has 3 atom stereocenters. The third-order valence-electron chi connectivity index (χ3n) is 4.95. The summed E-state index contributed by atoms with van der Waals surface area (Å²) in [5, 5.41) is 0. The first kappa shape index (κ1) is 11.4. The van der Waals surface area contributed by atoms with Crippen LogP contribution in [0.1, 0.15) is 39.0 Å². The molecule has 0 radical (unpaired) electrons. The number of ether oxygens (including phenoxy) is 1. The molecule has 3 aliphatic rings. The molecule has 3 fully saturated rings. The summed E-state index contributed by atoms with van der Waals surface area (Å²) in [6.45, 7) is 3.30. The Bertz CT molecular complexity index is 271. The fourth-order valence-corrected chi connectivity index (χ4v) is 4.71. The number of rotatable bonds is 2. The summed E-state index contributed by atoms with van der Waals surface area (Å²) in [6.07, 6.45) is 6.33. The molecule has 2 heterocycles. The molecule has 0 aromatic carbocycles. The minimum absolute atomic E-state index is 0.205. The van der Waals surface area contributed by atoms with E-state index in [0.29, 0.717) is 17.4 Å². The van der Waals surface area contributed by atoms with Gasteiger partial charge in [-0.05, 0) is 49.2 Å². The molecular weight excluding hydrogens is 218 g/mol. The summed E-state index contributed by atoms with van der Waals surface area (Å²) >= 11 is 2.05. The average Bonchev–Trinajstić information content (AvgIpc) is 2.89. The van der Waals surface area contributed by atoms with Crippen molar-refractivity contribution in [3.8, 4) is 0 Å². The van der Waals surface area contributed by atoms with Gasteiger partial charge in [-0.25, -0.2) is 0 Å². The molecule has 0 bridgehead atoms. The lowest BCUT2D eigenvalue weighted by atomic mass is 9.76. The minimum atomic E-state index is 0.205. The smallest absolute Gasteiger partial charge is 0.0783 e. The Balaban J connectivity index is 1.67. The summed E-state index contributed by atoms with van der Waals surface area (Å²) in [7, 11) is 0. The Morgan fingerprint density at radius 2 is 2.19 bits per heavy atom. The van der Waals surface area contributed by atoms with Crippen molar-refractivity contribution in [2.45, 2.75) is 50.7 Å². The fraction of sp³-hybridized carbons (Fsp3) is 1.00. The van der Waals surface area contributed by atoms with E-state index in [2.05, 4.69) is 18.7 Å². The summed E-state index contributed by atoms with van der Waals surface area (Å²) in [5.41, 5.74) is 7.15. The van der Waals surface area contributed by atoms with E-state index in [4.69, 9.17) is 10.5 Å². The highest BCUT2D eigenvalue weighted by Crippen LogP contribution is 2.52. The molecule has 2 N–H and O–H groups in total. The molecule has 0 amide bonds. The minimum Gasteiger partial charge on any atom is -0.374 e. The Kier molecular flexibility index (Phi) is 2.76. The van der Waals surface area contributed by atoms with Crippen LogP contribution < -0.4 is 5.73 Å². The molecule has 16 heavy (non-hydrogen) atoms.